The zero-order valence-corrected chi connectivity index (χ0v) is 16.4. The Bertz CT molecular complexity index is 1220. The minimum atomic E-state index is -5.08. The Labute approximate surface area is 173 Å². The number of nitrogens with one attached hydrogen (secondary N) is 2. The van der Waals surface area contributed by atoms with Gasteiger partial charge in [0, 0.05) is 16.6 Å². The minimum Gasteiger partial charge on any atom is -0.475 e. The first-order chi connectivity index (χ1) is 14.4. The number of carboxylic acid groups (broad SMARTS) is 1. The lowest BCUT2D eigenvalue weighted by Gasteiger charge is -2.09. The Balaban J connectivity index is 0.000000339. The third kappa shape index (κ3) is 5.05. The number of hydrogen-bond acceptors (Lipinski definition) is 5. The van der Waals surface area contributed by atoms with E-state index in [1.54, 1.807) is 36.4 Å². The summed E-state index contributed by atoms with van der Waals surface area (Å²) in [5.74, 6) is -2.95. The summed E-state index contributed by atoms with van der Waals surface area (Å²) in [7, 11) is -3.30. The van der Waals surface area contributed by atoms with E-state index in [1.807, 2.05) is 0 Å². The average Bonchev–Trinajstić information content (AvgIpc) is 3.47. The fourth-order valence-corrected chi connectivity index (χ4v) is 4.03. The number of benzene rings is 2. The molecule has 0 amide bonds. The van der Waals surface area contributed by atoms with Crippen LogP contribution >= 0.6 is 0 Å². The van der Waals surface area contributed by atoms with Crippen molar-refractivity contribution in [3.05, 3.63) is 42.2 Å². The number of nitrogens with two attached hydrogens (primary N) is 1. The van der Waals surface area contributed by atoms with Gasteiger partial charge in [-0.05, 0) is 36.6 Å². The number of aromatic nitrogens is 2. The monoisotopic (exact) mass is 460 g/mol. The standard InChI is InChI=1S/C16H15FN4O2S.C2HF3O2/c17-14-12(7-8-13-15(14)19-20-16(13)18)9-1-3-10(4-2-9)21-24(22,23)11-5-6-11;3-2(4,5)1(6)7/h1-4,7-8,11,21H,5-6H2,(H3,18,19,20);(H,6,7). The second kappa shape index (κ2) is 8.06. The molecular weight excluding hydrogens is 444 g/mol. The number of aliphatic carboxylic acids is 1. The van der Waals surface area contributed by atoms with Crippen LogP contribution in [0.2, 0.25) is 0 Å². The highest BCUT2D eigenvalue weighted by atomic mass is 32.2. The Morgan fingerprint density at radius 2 is 1.74 bits per heavy atom. The Hall–Kier alpha value is -3.35. The first-order valence-electron chi connectivity index (χ1n) is 8.74. The van der Waals surface area contributed by atoms with Gasteiger partial charge in [-0.1, -0.05) is 18.2 Å². The third-order valence-electron chi connectivity index (χ3n) is 4.37. The Kier molecular flexibility index (Phi) is 5.81. The van der Waals surface area contributed by atoms with E-state index in [0.717, 1.165) is 0 Å². The summed E-state index contributed by atoms with van der Waals surface area (Å²) in [6, 6.07) is 9.94. The van der Waals surface area contributed by atoms with Crippen LogP contribution in [0.15, 0.2) is 36.4 Å². The number of nitrogens with zero attached hydrogens (tertiary/aromatic N) is 1. The van der Waals surface area contributed by atoms with Crippen LogP contribution in [-0.4, -0.2) is 41.1 Å². The van der Waals surface area contributed by atoms with Crippen molar-refractivity contribution >= 4 is 38.4 Å². The number of hydrogen-bond donors (Lipinski definition) is 4. The highest BCUT2D eigenvalue weighted by molar-refractivity contribution is 7.93. The number of carboxylic acids is 1. The Morgan fingerprint density at radius 3 is 2.26 bits per heavy atom. The fourth-order valence-electron chi connectivity index (χ4n) is 2.64. The lowest BCUT2D eigenvalue weighted by Crippen LogP contribution is -2.21. The molecule has 8 nitrogen and oxygen atoms in total. The van der Waals surface area contributed by atoms with E-state index in [2.05, 4.69) is 14.9 Å². The normalized spacial score (nSPS) is 14.1. The first kappa shape index (κ1) is 22.3. The number of aromatic amines is 1. The molecule has 3 aromatic rings. The lowest BCUT2D eigenvalue weighted by atomic mass is 10.0. The molecule has 166 valence electrons. The van der Waals surface area contributed by atoms with Gasteiger partial charge >= 0.3 is 12.1 Å². The van der Waals surface area contributed by atoms with Gasteiger partial charge in [0.2, 0.25) is 10.0 Å². The lowest BCUT2D eigenvalue weighted by molar-refractivity contribution is -0.192. The quantitative estimate of drug-likeness (QED) is 0.440. The van der Waals surface area contributed by atoms with Crippen LogP contribution in [0, 0.1) is 5.82 Å². The summed E-state index contributed by atoms with van der Waals surface area (Å²) in [5.41, 5.74) is 7.42. The molecule has 1 aromatic heterocycles. The van der Waals surface area contributed by atoms with Gasteiger partial charge < -0.3 is 10.8 Å². The van der Waals surface area contributed by atoms with Crippen molar-refractivity contribution in [3.63, 3.8) is 0 Å². The second-order valence-electron chi connectivity index (χ2n) is 6.69. The van der Waals surface area contributed by atoms with Crippen molar-refractivity contribution in [3.8, 4) is 11.1 Å². The number of halogens is 4. The molecule has 0 spiro atoms. The number of carbonyl (C=O) groups is 1. The van der Waals surface area contributed by atoms with Crippen LogP contribution in [0.4, 0.5) is 29.1 Å². The van der Waals surface area contributed by atoms with Crippen molar-refractivity contribution in [2.75, 3.05) is 10.5 Å². The zero-order chi connectivity index (χ0) is 23.0. The fraction of sp³-hybridized carbons (Fsp3) is 0.222. The molecule has 13 heteroatoms. The van der Waals surface area contributed by atoms with Crippen LogP contribution in [0.1, 0.15) is 12.8 Å². The molecule has 4 rings (SSSR count). The van der Waals surface area contributed by atoms with Crippen LogP contribution in [0.5, 0.6) is 0 Å². The predicted octanol–water partition coefficient (Wildman–Crippen LogP) is 3.49. The largest absolute Gasteiger partial charge is 0.490 e. The van der Waals surface area contributed by atoms with Gasteiger partial charge in [-0.15, -0.1) is 0 Å². The summed E-state index contributed by atoms with van der Waals surface area (Å²) in [4.78, 5) is 8.90. The van der Waals surface area contributed by atoms with E-state index in [4.69, 9.17) is 15.6 Å². The maximum atomic E-state index is 14.6. The van der Waals surface area contributed by atoms with Crippen molar-refractivity contribution in [2.45, 2.75) is 24.3 Å². The van der Waals surface area contributed by atoms with E-state index < -0.39 is 28.0 Å². The topological polar surface area (TPSA) is 138 Å². The first-order valence-corrected chi connectivity index (χ1v) is 10.3. The van der Waals surface area contributed by atoms with Crippen molar-refractivity contribution in [2.24, 2.45) is 0 Å². The van der Waals surface area contributed by atoms with Crippen molar-refractivity contribution < 1.29 is 35.9 Å². The SMILES string of the molecule is Nc1n[nH]c2c(F)c(-c3ccc(NS(=O)(=O)C4CC4)cc3)ccc12.O=C(O)C(F)(F)F. The van der Waals surface area contributed by atoms with E-state index >= 15 is 0 Å². The highest BCUT2D eigenvalue weighted by Crippen LogP contribution is 2.32. The molecule has 31 heavy (non-hydrogen) atoms. The van der Waals surface area contributed by atoms with Crippen LogP contribution < -0.4 is 10.5 Å². The smallest absolute Gasteiger partial charge is 0.475 e. The van der Waals surface area contributed by atoms with E-state index in [9.17, 15) is 26.0 Å². The van der Waals surface area contributed by atoms with E-state index in [-0.39, 0.29) is 16.6 Å². The second-order valence-corrected chi connectivity index (χ2v) is 8.65. The molecular formula is C18H16F4N4O4S. The van der Waals surface area contributed by atoms with Gasteiger partial charge in [-0.2, -0.15) is 18.3 Å². The number of nitrogen functional groups attached to an aromatic ring is 1. The predicted molar refractivity (Wildman–Crippen MR) is 105 cm³/mol. The number of sulfonamides is 1. The summed E-state index contributed by atoms with van der Waals surface area (Å²) in [5, 5.41) is 13.8. The minimum absolute atomic E-state index is 0.250. The van der Waals surface area contributed by atoms with Crippen LogP contribution in [-0.2, 0) is 14.8 Å². The molecule has 1 saturated carbocycles. The van der Waals surface area contributed by atoms with E-state index in [1.165, 1.54) is 0 Å². The molecule has 1 aliphatic rings. The molecule has 0 atom stereocenters. The van der Waals surface area contributed by atoms with Gasteiger partial charge in [-0.25, -0.2) is 17.6 Å². The summed E-state index contributed by atoms with van der Waals surface area (Å²) < 4.78 is 72.8. The van der Waals surface area contributed by atoms with Crippen LogP contribution in [0.3, 0.4) is 0 Å². The zero-order valence-electron chi connectivity index (χ0n) is 15.6. The van der Waals surface area contributed by atoms with Gasteiger partial charge in [0.15, 0.2) is 11.6 Å². The van der Waals surface area contributed by atoms with Crippen molar-refractivity contribution in [1.29, 1.82) is 0 Å². The van der Waals surface area contributed by atoms with Crippen molar-refractivity contribution in [1.82, 2.24) is 10.2 Å². The summed E-state index contributed by atoms with van der Waals surface area (Å²) >= 11 is 0. The molecule has 0 radical (unpaired) electrons. The van der Waals surface area contributed by atoms with E-state index in [0.29, 0.717) is 35.0 Å². The highest BCUT2D eigenvalue weighted by Gasteiger charge is 2.38. The van der Waals surface area contributed by atoms with Gasteiger partial charge in [-0.3, -0.25) is 9.82 Å². The van der Waals surface area contributed by atoms with Crippen LogP contribution in [0.25, 0.3) is 22.0 Å². The average molecular weight is 460 g/mol. The number of H-pyrrole nitrogens is 1. The number of rotatable bonds is 4. The molecule has 1 fully saturated rings. The molecule has 0 bridgehead atoms. The maximum absolute atomic E-state index is 14.6. The Morgan fingerprint density at radius 1 is 1.16 bits per heavy atom. The molecule has 1 aliphatic carbocycles. The summed E-state index contributed by atoms with van der Waals surface area (Å²) in [6.07, 6.45) is -3.68. The number of alkyl halides is 3. The molecule has 0 aliphatic heterocycles. The third-order valence-corrected chi connectivity index (χ3v) is 6.24. The summed E-state index contributed by atoms with van der Waals surface area (Å²) in [6.45, 7) is 0. The molecule has 0 saturated heterocycles. The van der Waals surface area contributed by atoms with Gasteiger partial charge in [0.05, 0.1) is 5.25 Å². The molecule has 0 unspecified atom stereocenters. The molecule has 5 N–H and O–H groups in total. The van der Waals surface area contributed by atoms with Gasteiger partial charge in [0.1, 0.15) is 5.52 Å². The number of fused-ring (bicyclic) bond motifs is 1. The maximum Gasteiger partial charge on any atom is 0.490 e. The molecule has 1 heterocycles. The number of anilines is 2. The van der Waals surface area contributed by atoms with Gasteiger partial charge in [0.25, 0.3) is 0 Å². The molecule has 2 aromatic carbocycles.